The fraction of sp³-hybridized carbons (Fsp3) is 1.00. The van der Waals surface area contributed by atoms with Gasteiger partial charge in [0.05, 0.1) is 0 Å². The molecular formula is C37H77N. The predicted octanol–water partition coefficient (Wildman–Crippen LogP) is 13.4. The first-order chi connectivity index (χ1) is 18.3. The summed E-state index contributed by atoms with van der Waals surface area (Å²) in [6.07, 6.45) is 38.5. The monoisotopic (exact) mass is 536 g/mol. The largest absolute Gasteiger partial charge is 0.293 e. The topological polar surface area (TPSA) is 3.24 Å². The van der Waals surface area contributed by atoms with Gasteiger partial charge < -0.3 is 0 Å². The third kappa shape index (κ3) is 21.7. The van der Waals surface area contributed by atoms with Crippen LogP contribution in [0, 0.1) is 0 Å². The lowest BCUT2D eigenvalue weighted by Gasteiger charge is -2.49. The maximum Gasteiger partial charge on any atom is 0.0158 e. The van der Waals surface area contributed by atoms with Gasteiger partial charge in [-0.05, 0) is 53.5 Å². The Kier molecular flexibility index (Phi) is 25.9. The molecule has 0 aromatic rings. The summed E-state index contributed by atoms with van der Waals surface area (Å²) in [5.74, 6) is 0. The van der Waals surface area contributed by atoms with Gasteiger partial charge in [0.1, 0.15) is 0 Å². The van der Waals surface area contributed by atoms with E-state index in [1.165, 1.54) is 180 Å². The van der Waals surface area contributed by atoms with Gasteiger partial charge in [-0.15, -0.1) is 0 Å². The highest BCUT2D eigenvalue weighted by Crippen LogP contribution is 2.34. The van der Waals surface area contributed by atoms with E-state index >= 15 is 0 Å². The van der Waals surface area contributed by atoms with Crippen molar-refractivity contribution in [2.24, 2.45) is 0 Å². The van der Waals surface area contributed by atoms with Crippen molar-refractivity contribution in [1.29, 1.82) is 0 Å². The van der Waals surface area contributed by atoms with Crippen molar-refractivity contribution in [2.75, 3.05) is 6.54 Å². The maximum absolute atomic E-state index is 2.93. The summed E-state index contributed by atoms with van der Waals surface area (Å²) in [4.78, 5) is 2.93. The molecule has 0 amide bonds. The lowest BCUT2D eigenvalue weighted by Crippen LogP contribution is -2.55. The molecule has 0 unspecified atom stereocenters. The average Bonchev–Trinajstić information content (AvgIpc) is 2.88. The minimum absolute atomic E-state index is 0.314. The maximum atomic E-state index is 2.93. The van der Waals surface area contributed by atoms with E-state index in [4.69, 9.17) is 0 Å². The number of unbranched alkanes of at least 4 members (excludes halogenated alkanes) is 22. The quantitative estimate of drug-likeness (QED) is 0.0826. The number of rotatable bonds is 30. The summed E-state index contributed by atoms with van der Waals surface area (Å²) in [5, 5.41) is 0. The van der Waals surface area contributed by atoms with Gasteiger partial charge in [0.2, 0.25) is 0 Å². The number of nitrogens with zero attached hydrogens (tertiary/aromatic N) is 1. The van der Waals surface area contributed by atoms with Crippen molar-refractivity contribution in [3.8, 4) is 0 Å². The molecule has 1 nitrogen and oxygen atoms in total. The first-order valence-corrected chi connectivity index (χ1v) is 18.1. The average molecular weight is 536 g/mol. The van der Waals surface area contributed by atoms with E-state index in [9.17, 15) is 0 Å². The smallest absolute Gasteiger partial charge is 0.0158 e. The summed E-state index contributed by atoms with van der Waals surface area (Å²) in [6, 6.07) is 0. The summed E-state index contributed by atoms with van der Waals surface area (Å²) in [5.41, 5.74) is 0.628. The van der Waals surface area contributed by atoms with Crippen LogP contribution in [-0.2, 0) is 0 Å². The van der Waals surface area contributed by atoms with E-state index in [1.807, 2.05) is 0 Å². The van der Waals surface area contributed by atoms with Crippen molar-refractivity contribution in [3.05, 3.63) is 0 Å². The van der Waals surface area contributed by atoms with Crippen LogP contribution in [0.5, 0.6) is 0 Å². The van der Waals surface area contributed by atoms with Crippen molar-refractivity contribution < 1.29 is 0 Å². The fourth-order valence-electron chi connectivity index (χ4n) is 6.66. The molecule has 1 heteroatoms. The minimum atomic E-state index is 0.314. The molecule has 0 rings (SSSR count). The molecule has 0 heterocycles. The Labute approximate surface area is 244 Å². The molecule has 0 aromatic carbocycles. The van der Waals surface area contributed by atoms with Crippen LogP contribution >= 0.6 is 0 Å². The normalized spacial score (nSPS) is 12.6. The summed E-state index contributed by atoms with van der Waals surface area (Å²) >= 11 is 0. The second-order valence-corrected chi connectivity index (χ2v) is 14.1. The van der Waals surface area contributed by atoms with Crippen LogP contribution < -0.4 is 0 Å². The van der Waals surface area contributed by atoms with Crippen molar-refractivity contribution >= 4 is 0 Å². The fourth-order valence-corrected chi connectivity index (χ4v) is 6.66. The van der Waals surface area contributed by atoms with Gasteiger partial charge >= 0.3 is 0 Å². The van der Waals surface area contributed by atoms with E-state index in [0.717, 1.165) is 0 Å². The zero-order valence-corrected chi connectivity index (χ0v) is 28.2. The molecule has 0 aromatic heterocycles. The van der Waals surface area contributed by atoms with Crippen molar-refractivity contribution in [2.45, 2.75) is 233 Å². The highest BCUT2D eigenvalue weighted by molar-refractivity contribution is 4.92. The van der Waals surface area contributed by atoms with Gasteiger partial charge in [-0.25, -0.2) is 0 Å². The van der Waals surface area contributed by atoms with Crippen LogP contribution in [0.15, 0.2) is 0 Å². The second kappa shape index (κ2) is 25.9. The van der Waals surface area contributed by atoms with Crippen LogP contribution in [0.4, 0.5) is 0 Å². The molecule has 0 aliphatic rings. The zero-order valence-electron chi connectivity index (χ0n) is 28.2. The molecule has 0 N–H and O–H groups in total. The summed E-state index contributed by atoms with van der Waals surface area (Å²) in [6.45, 7) is 18.5. The molecule has 0 saturated heterocycles. The molecule has 0 atom stereocenters. The van der Waals surface area contributed by atoms with E-state index in [2.05, 4.69) is 53.4 Å². The lowest BCUT2D eigenvalue weighted by molar-refractivity contribution is 0.00161. The van der Waals surface area contributed by atoms with Crippen LogP contribution in [0.3, 0.4) is 0 Å². The van der Waals surface area contributed by atoms with Crippen LogP contribution in [0.25, 0.3) is 0 Å². The first-order valence-electron chi connectivity index (χ1n) is 18.1. The van der Waals surface area contributed by atoms with Crippen molar-refractivity contribution in [1.82, 2.24) is 4.90 Å². The molecule has 230 valence electrons. The van der Waals surface area contributed by atoms with Gasteiger partial charge in [-0.1, -0.05) is 175 Å². The molecule has 0 fully saturated rings. The molecule has 0 spiro atoms. The second-order valence-electron chi connectivity index (χ2n) is 14.1. The Morgan fingerprint density at radius 1 is 0.316 bits per heavy atom. The highest BCUT2D eigenvalue weighted by Gasteiger charge is 2.36. The van der Waals surface area contributed by atoms with Gasteiger partial charge in [0, 0.05) is 11.1 Å². The highest BCUT2D eigenvalue weighted by atomic mass is 15.2. The van der Waals surface area contributed by atoms with Gasteiger partial charge in [0.15, 0.2) is 0 Å². The molecule has 0 aliphatic carbocycles. The summed E-state index contributed by atoms with van der Waals surface area (Å²) < 4.78 is 0. The van der Waals surface area contributed by atoms with Crippen molar-refractivity contribution in [3.63, 3.8) is 0 Å². The SMILES string of the molecule is CCCCCCCCCCCCCC(C)(C)N(CCCCC)C(C)(C)CCCCCCCCCCCCC. The Morgan fingerprint density at radius 2 is 0.553 bits per heavy atom. The van der Waals surface area contributed by atoms with E-state index < -0.39 is 0 Å². The predicted molar refractivity (Wildman–Crippen MR) is 177 cm³/mol. The molecule has 38 heavy (non-hydrogen) atoms. The lowest BCUT2D eigenvalue weighted by atomic mass is 9.85. The Balaban J connectivity index is 4.29. The third-order valence-electron chi connectivity index (χ3n) is 9.23. The molecule has 0 radical (unpaired) electrons. The van der Waals surface area contributed by atoms with E-state index in [0.29, 0.717) is 11.1 Å². The zero-order chi connectivity index (χ0) is 28.4. The summed E-state index contributed by atoms with van der Waals surface area (Å²) in [7, 11) is 0. The van der Waals surface area contributed by atoms with Gasteiger partial charge in [-0.2, -0.15) is 0 Å². The van der Waals surface area contributed by atoms with E-state index in [-0.39, 0.29) is 0 Å². The first kappa shape index (κ1) is 38.0. The molecule has 0 bridgehead atoms. The molecular weight excluding hydrogens is 458 g/mol. The van der Waals surface area contributed by atoms with E-state index in [1.54, 1.807) is 0 Å². The molecule has 0 aliphatic heterocycles. The van der Waals surface area contributed by atoms with Crippen LogP contribution in [-0.4, -0.2) is 22.5 Å². The van der Waals surface area contributed by atoms with Gasteiger partial charge in [0.25, 0.3) is 0 Å². The Hall–Kier alpha value is -0.0400. The van der Waals surface area contributed by atoms with Gasteiger partial charge in [-0.3, -0.25) is 4.90 Å². The number of hydrogen-bond donors (Lipinski definition) is 0. The molecule has 0 saturated carbocycles. The van der Waals surface area contributed by atoms with Crippen LogP contribution in [0.2, 0.25) is 0 Å². The Bertz CT molecular complexity index is 427. The Morgan fingerprint density at radius 3 is 0.842 bits per heavy atom. The van der Waals surface area contributed by atoms with Crippen LogP contribution in [0.1, 0.15) is 222 Å². The minimum Gasteiger partial charge on any atom is -0.293 e. The third-order valence-corrected chi connectivity index (χ3v) is 9.23. The number of hydrogen-bond acceptors (Lipinski definition) is 1. The standard InChI is InChI=1S/C37H77N/c1-8-11-14-16-18-20-22-24-26-28-30-33-36(4,5)38(35-32-13-10-3)37(6,7)34-31-29-27-25-23-21-19-17-15-12-9-2/h8-35H2,1-7H3.